The molecule has 1 aromatic heterocycles. The minimum atomic E-state index is -0.521. The zero-order valence-corrected chi connectivity index (χ0v) is 18.3. The Hall–Kier alpha value is -3.07. The van der Waals surface area contributed by atoms with Gasteiger partial charge in [-0.15, -0.1) is 0 Å². The summed E-state index contributed by atoms with van der Waals surface area (Å²) in [7, 11) is 0. The third kappa shape index (κ3) is 4.82. The quantitative estimate of drug-likeness (QED) is 0.451. The highest BCUT2D eigenvalue weighted by Crippen LogP contribution is 2.34. The summed E-state index contributed by atoms with van der Waals surface area (Å²) in [5.74, 6) is -0.0648. The van der Waals surface area contributed by atoms with Gasteiger partial charge in [-0.2, -0.15) is 5.26 Å². The molecule has 0 unspecified atom stereocenters. The third-order valence-electron chi connectivity index (χ3n) is 6.05. The number of aromatic nitrogens is 1. The SMILES string of the molecule is CCCCCCOc1ccc(C(=O)c2c(C)c(C#N)c(=O)n(C3CCCC3)c2O)cc1. The average molecular weight is 423 g/mol. The topological polar surface area (TPSA) is 92.3 Å². The Kier molecular flexibility index (Phi) is 7.51. The molecule has 2 aromatic rings. The van der Waals surface area contributed by atoms with E-state index in [2.05, 4.69) is 6.92 Å². The molecule has 1 aromatic carbocycles. The number of nitriles is 1. The first kappa shape index (κ1) is 22.6. The molecular formula is C25H30N2O4. The first-order chi connectivity index (χ1) is 15.0. The summed E-state index contributed by atoms with van der Waals surface area (Å²) in [5, 5.41) is 20.4. The van der Waals surface area contributed by atoms with Crippen molar-refractivity contribution in [3.63, 3.8) is 0 Å². The maximum atomic E-state index is 13.3. The second-order valence-electron chi connectivity index (χ2n) is 8.19. The maximum absolute atomic E-state index is 13.3. The standard InChI is InChI=1S/C25H30N2O4/c1-3-4-5-8-15-31-20-13-11-18(12-14-20)23(28)22-17(2)21(16-26)24(29)27(25(22)30)19-9-6-7-10-19/h11-14,19,30H,3-10,15H2,1-2H3. The van der Waals surface area contributed by atoms with Crippen LogP contribution in [0.15, 0.2) is 29.1 Å². The largest absolute Gasteiger partial charge is 0.494 e. The van der Waals surface area contributed by atoms with Crippen molar-refractivity contribution in [3.05, 3.63) is 56.9 Å². The molecule has 0 atom stereocenters. The molecule has 3 rings (SSSR count). The van der Waals surface area contributed by atoms with Crippen LogP contribution in [0, 0.1) is 18.3 Å². The molecule has 0 aliphatic heterocycles. The van der Waals surface area contributed by atoms with E-state index in [9.17, 15) is 20.0 Å². The lowest BCUT2D eigenvalue weighted by Crippen LogP contribution is -2.29. The van der Waals surface area contributed by atoms with E-state index in [0.29, 0.717) is 17.9 Å². The second kappa shape index (κ2) is 10.3. The molecule has 6 heteroatoms. The van der Waals surface area contributed by atoms with Crippen LogP contribution in [0.2, 0.25) is 0 Å². The van der Waals surface area contributed by atoms with Gasteiger partial charge in [0.15, 0.2) is 5.78 Å². The number of aromatic hydroxyl groups is 1. The van der Waals surface area contributed by atoms with Crippen LogP contribution >= 0.6 is 0 Å². The molecule has 31 heavy (non-hydrogen) atoms. The fourth-order valence-corrected chi connectivity index (χ4v) is 4.26. The Labute approximate surface area is 183 Å². The van der Waals surface area contributed by atoms with E-state index in [1.165, 1.54) is 17.4 Å². The molecule has 1 aliphatic carbocycles. The first-order valence-electron chi connectivity index (χ1n) is 11.1. The number of nitrogens with zero attached hydrogens (tertiary/aromatic N) is 2. The molecule has 1 heterocycles. The van der Waals surface area contributed by atoms with E-state index in [4.69, 9.17) is 4.74 Å². The van der Waals surface area contributed by atoms with Crippen molar-refractivity contribution in [2.75, 3.05) is 6.61 Å². The van der Waals surface area contributed by atoms with E-state index in [0.717, 1.165) is 38.5 Å². The number of rotatable bonds is 9. The molecule has 1 fully saturated rings. The predicted molar refractivity (Wildman–Crippen MR) is 119 cm³/mol. The summed E-state index contributed by atoms with van der Waals surface area (Å²) < 4.78 is 6.98. The van der Waals surface area contributed by atoms with Crippen LogP contribution in [0.4, 0.5) is 0 Å². The van der Waals surface area contributed by atoms with Crippen molar-refractivity contribution in [3.8, 4) is 17.7 Å². The highest BCUT2D eigenvalue weighted by Gasteiger charge is 2.29. The van der Waals surface area contributed by atoms with Crippen molar-refractivity contribution in [1.29, 1.82) is 5.26 Å². The van der Waals surface area contributed by atoms with E-state index in [1.54, 1.807) is 31.2 Å². The Morgan fingerprint density at radius 1 is 1.19 bits per heavy atom. The Morgan fingerprint density at radius 2 is 1.87 bits per heavy atom. The monoisotopic (exact) mass is 422 g/mol. The van der Waals surface area contributed by atoms with Crippen LogP contribution in [0.25, 0.3) is 0 Å². The van der Waals surface area contributed by atoms with E-state index in [1.807, 2.05) is 6.07 Å². The lowest BCUT2D eigenvalue weighted by molar-refractivity contribution is 0.103. The van der Waals surface area contributed by atoms with Crippen LogP contribution < -0.4 is 10.3 Å². The van der Waals surface area contributed by atoms with Crippen LogP contribution in [0.1, 0.15) is 91.4 Å². The molecule has 164 valence electrons. The van der Waals surface area contributed by atoms with Gasteiger partial charge in [-0.1, -0.05) is 39.0 Å². The van der Waals surface area contributed by atoms with Gasteiger partial charge in [0.25, 0.3) is 5.56 Å². The summed E-state index contributed by atoms with van der Waals surface area (Å²) in [4.78, 5) is 26.1. The molecule has 6 nitrogen and oxygen atoms in total. The van der Waals surface area contributed by atoms with Crippen LogP contribution in [-0.2, 0) is 0 Å². The van der Waals surface area contributed by atoms with Crippen molar-refractivity contribution in [2.24, 2.45) is 0 Å². The van der Waals surface area contributed by atoms with Crippen LogP contribution in [-0.4, -0.2) is 22.1 Å². The number of carbonyl (C=O) groups is 1. The van der Waals surface area contributed by atoms with Crippen molar-refractivity contribution < 1.29 is 14.6 Å². The van der Waals surface area contributed by atoms with Gasteiger partial charge in [0.05, 0.1) is 12.2 Å². The fourth-order valence-electron chi connectivity index (χ4n) is 4.26. The van der Waals surface area contributed by atoms with Crippen molar-refractivity contribution in [2.45, 2.75) is 71.3 Å². The Balaban J connectivity index is 1.88. The van der Waals surface area contributed by atoms with Crippen LogP contribution in [0.5, 0.6) is 11.6 Å². The number of hydrogen-bond donors (Lipinski definition) is 1. The highest BCUT2D eigenvalue weighted by atomic mass is 16.5. The van der Waals surface area contributed by atoms with E-state index in [-0.39, 0.29) is 28.6 Å². The zero-order valence-electron chi connectivity index (χ0n) is 18.3. The Morgan fingerprint density at radius 3 is 2.48 bits per heavy atom. The normalized spacial score (nSPS) is 13.8. The molecule has 0 amide bonds. The zero-order chi connectivity index (χ0) is 22.4. The molecule has 0 saturated heterocycles. The average Bonchev–Trinajstić information content (AvgIpc) is 3.28. The molecule has 0 spiro atoms. The van der Waals surface area contributed by atoms with Gasteiger partial charge >= 0.3 is 0 Å². The second-order valence-corrected chi connectivity index (χ2v) is 8.19. The van der Waals surface area contributed by atoms with Crippen molar-refractivity contribution in [1.82, 2.24) is 4.57 Å². The van der Waals surface area contributed by atoms with E-state index >= 15 is 0 Å². The molecular weight excluding hydrogens is 392 g/mol. The molecule has 1 saturated carbocycles. The summed E-state index contributed by atoms with van der Waals surface area (Å²) in [5.41, 5.74) is 0.0156. The maximum Gasteiger partial charge on any atom is 0.271 e. The minimum absolute atomic E-state index is 0.0243. The third-order valence-corrected chi connectivity index (χ3v) is 6.05. The summed E-state index contributed by atoms with van der Waals surface area (Å²) in [6.07, 6.45) is 7.88. The van der Waals surface area contributed by atoms with Gasteiger partial charge in [-0.3, -0.25) is 14.2 Å². The van der Waals surface area contributed by atoms with Gasteiger partial charge in [0, 0.05) is 11.6 Å². The first-order valence-corrected chi connectivity index (χ1v) is 11.1. The smallest absolute Gasteiger partial charge is 0.271 e. The van der Waals surface area contributed by atoms with Gasteiger partial charge in [-0.25, -0.2) is 0 Å². The number of ether oxygens (including phenoxy) is 1. The predicted octanol–water partition coefficient (Wildman–Crippen LogP) is 5.04. The molecule has 1 aliphatic rings. The van der Waals surface area contributed by atoms with Gasteiger partial charge < -0.3 is 9.84 Å². The fraction of sp³-hybridized carbons (Fsp3) is 0.480. The lowest BCUT2D eigenvalue weighted by Gasteiger charge is -2.20. The van der Waals surface area contributed by atoms with Crippen molar-refractivity contribution >= 4 is 5.78 Å². The number of ketones is 1. The molecule has 1 N–H and O–H groups in total. The number of benzene rings is 1. The molecule has 0 radical (unpaired) electrons. The van der Waals surface area contributed by atoms with E-state index < -0.39 is 11.3 Å². The number of pyridine rings is 1. The number of carbonyl (C=O) groups excluding carboxylic acids is 1. The summed E-state index contributed by atoms with van der Waals surface area (Å²) in [6, 6.07) is 8.52. The minimum Gasteiger partial charge on any atom is -0.494 e. The Bertz CT molecular complexity index is 1030. The highest BCUT2D eigenvalue weighted by molar-refractivity contribution is 6.11. The molecule has 0 bridgehead atoms. The number of hydrogen-bond acceptors (Lipinski definition) is 5. The lowest BCUT2D eigenvalue weighted by atomic mass is 9.96. The van der Waals surface area contributed by atoms with Gasteiger partial charge in [-0.05, 0) is 56.0 Å². The summed E-state index contributed by atoms with van der Waals surface area (Å²) >= 11 is 0. The number of unbranched alkanes of at least 4 members (excludes halogenated alkanes) is 3. The van der Waals surface area contributed by atoms with Gasteiger partial charge in [0.1, 0.15) is 17.4 Å². The summed E-state index contributed by atoms with van der Waals surface area (Å²) in [6.45, 7) is 4.33. The van der Waals surface area contributed by atoms with Crippen LogP contribution in [0.3, 0.4) is 0 Å². The van der Waals surface area contributed by atoms with Gasteiger partial charge in [0.2, 0.25) is 5.88 Å².